The number of aryl methyl sites for hydroxylation is 1. The second-order valence-electron chi connectivity index (χ2n) is 4.25. The Morgan fingerprint density at radius 1 is 1.58 bits per heavy atom. The van der Waals surface area contributed by atoms with Gasteiger partial charge >= 0.3 is 117 Å². The van der Waals surface area contributed by atoms with Crippen LogP contribution < -0.4 is 0 Å². The van der Waals surface area contributed by atoms with E-state index in [1.165, 1.54) is 0 Å². The summed E-state index contributed by atoms with van der Waals surface area (Å²) >= 11 is -0.184. The summed E-state index contributed by atoms with van der Waals surface area (Å²) in [7, 11) is 3.71. The molecule has 0 aromatic carbocycles. The number of carboxylic acids is 1. The number of carboxylic acid groups (broad SMARTS) is 1. The van der Waals surface area contributed by atoms with Crippen LogP contribution in [-0.2, 0) is 6.42 Å². The Bertz CT molecular complexity index is 619. The van der Waals surface area contributed by atoms with Crippen LogP contribution in [0.1, 0.15) is 21.2 Å². The molecule has 0 atom stereocenters. The maximum atomic E-state index is 11.3. The van der Waals surface area contributed by atoms with Crippen molar-refractivity contribution in [1.29, 1.82) is 0 Å². The average Bonchev–Trinajstić information content (AvgIpc) is 2.73. The average molecular weight is 324 g/mol. The number of carbonyl (C=O) groups is 1. The first-order chi connectivity index (χ1) is 9.09. The van der Waals surface area contributed by atoms with E-state index in [1.807, 2.05) is 32.4 Å². The molecule has 6 heteroatoms. The normalized spacial score (nSPS) is 11.3. The number of nitrogens with zero attached hydrogens (tertiary/aromatic N) is 3. The topological polar surface area (TPSA) is 65.8 Å². The van der Waals surface area contributed by atoms with Crippen molar-refractivity contribution in [2.45, 2.75) is 12.8 Å². The van der Waals surface area contributed by atoms with Crippen LogP contribution in [0.5, 0.6) is 0 Å². The molecule has 19 heavy (non-hydrogen) atoms. The Balaban J connectivity index is 2.29. The molecule has 0 bridgehead atoms. The minimum absolute atomic E-state index is 0.184. The molecule has 0 spiro atoms. The quantitative estimate of drug-likeness (QED) is 0.514. The third-order valence-electron chi connectivity index (χ3n) is 2.60. The number of hydrogen-bond acceptors (Lipinski definition) is 4. The van der Waals surface area contributed by atoms with Gasteiger partial charge in [0.15, 0.2) is 0 Å². The molecule has 0 amide bonds. The fourth-order valence-electron chi connectivity index (χ4n) is 1.83. The van der Waals surface area contributed by atoms with Gasteiger partial charge in [-0.05, 0) is 0 Å². The number of hydrogen-bond donors (Lipinski definition) is 1. The van der Waals surface area contributed by atoms with Crippen LogP contribution in [0.3, 0.4) is 0 Å². The molecule has 2 heterocycles. The van der Waals surface area contributed by atoms with E-state index in [1.54, 1.807) is 11.2 Å². The number of aromatic nitrogens is 1. The summed E-state index contributed by atoms with van der Waals surface area (Å²) in [5, 5.41) is 16.1. The zero-order chi connectivity index (χ0) is 13.8. The van der Waals surface area contributed by atoms with E-state index in [0.29, 0.717) is 10.9 Å². The standard InChI is InChI=1S/C13H15N3O2Se/c1-16(2)15-8-4-5-9-10-6-3-7-14-12(10)19-11(9)13(17)18/h3,6-8H,4-5H2,1-2H3,(H,17,18)/b15-8+. The van der Waals surface area contributed by atoms with E-state index in [-0.39, 0.29) is 14.5 Å². The third-order valence-corrected chi connectivity index (χ3v) is 5.00. The van der Waals surface area contributed by atoms with Gasteiger partial charge in [-0.15, -0.1) is 0 Å². The van der Waals surface area contributed by atoms with Crippen molar-refractivity contribution < 1.29 is 9.90 Å². The monoisotopic (exact) mass is 325 g/mol. The Kier molecular flexibility index (Phi) is 4.35. The first kappa shape index (κ1) is 13.8. The maximum absolute atomic E-state index is 11.3. The molecule has 0 aliphatic rings. The fourth-order valence-corrected chi connectivity index (χ4v) is 4.00. The summed E-state index contributed by atoms with van der Waals surface area (Å²) < 4.78 is 1.45. The van der Waals surface area contributed by atoms with Crippen LogP contribution in [-0.4, -0.2) is 55.9 Å². The summed E-state index contributed by atoms with van der Waals surface area (Å²) in [6.07, 6.45) is 4.96. The molecule has 2 aromatic heterocycles. The first-order valence-electron chi connectivity index (χ1n) is 5.89. The van der Waals surface area contributed by atoms with Crippen LogP contribution in [0.4, 0.5) is 0 Å². The van der Waals surface area contributed by atoms with Crippen molar-refractivity contribution in [3.05, 3.63) is 28.3 Å². The number of pyridine rings is 1. The second-order valence-corrected chi connectivity index (χ2v) is 6.35. The van der Waals surface area contributed by atoms with Gasteiger partial charge in [-0.2, -0.15) is 0 Å². The summed E-state index contributed by atoms with van der Waals surface area (Å²) in [6, 6.07) is 3.81. The van der Waals surface area contributed by atoms with Crippen molar-refractivity contribution in [3.63, 3.8) is 0 Å². The summed E-state index contributed by atoms with van der Waals surface area (Å²) in [6.45, 7) is 0. The molecule has 5 nitrogen and oxygen atoms in total. The fraction of sp³-hybridized carbons (Fsp3) is 0.308. The van der Waals surface area contributed by atoms with Crippen LogP contribution in [0, 0.1) is 0 Å². The molecule has 0 saturated heterocycles. The summed E-state index contributed by atoms with van der Waals surface area (Å²) in [5.41, 5.74) is 0.917. The van der Waals surface area contributed by atoms with Gasteiger partial charge in [0.25, 0.3) is 0 Å². The van der Waals surface area contributed by atoms with Crippen LogP contribution in [0.15, 0.2) is 23.4 Å². The minimum atomic E-state index is -0.822. The molecule has 2 aromatic rings. The number of rotatable bonds is 5. The number of hydrazone groups is 1. The third kappa shape index (κ3) is 3.22. The SMILES string of the molecule is CN(C)/N=C/CCc1c(C(=O)O)[se]c2ncccc12. The van der Waals surface area contributed by atoms with E-state index < -0.39 is 5.97 Å². The molecule has 0 radical (unpaired) electrons. The number of aromatic carboxylic acids is 1. The molecular formula is C13H15N3O2Se. The zero-order valence-corrected chi connectivity index (χ0v) is 12.5. The van der Waals surface area contributed by atoms with Gasteiger partial charge in [-0.1, -0.05) is 0 Å². The van der Waals surface area contributed by atoms with E-state index >= 15 is 0 Å². The van der Waals surface area contributed by atoms with Gasteiger partial charge in [0.05, 0.1) is 0 Å². The van der Waals surface area contributed by atoms with Crippen molar-refractivity contribution >= 4 is 36.5 Å². The van der Waals surface area contributed by atoms with Crippen molar-refractivity contribution in [3.8, 4) is 0 Å². The van der Waals surface area contributed by atoms with Crippen molar-refractivity contribution in [1.82, 2.24) is 9.99 Å². The molecule has 0 saturated carbocycles. The molecule has 2 rings (SSSR count). The van der Waals surface area contributed by atoms with Gasteiger partial charge in [0.2, 0.25) is 0 Å². The molecular weight excluding hydrogens is 309 g/mol. The Morgan fingerprint density at radius 3 is 3.05 bits per heavy atom. The summed E-state index contributed by atoms with van der Waals surface area (Å²) in [4.78, 5) is 15.6. The van der Waals surface area contributed by atoms with E-state index in [4.69, 9.17) is 0 Å². The Labute approximate surface area is 117 Å². The van der Waals surface area contributed by atoms with Gasteiger partial charge in [-0.25, -0.2) is 0 Å². The van der Waals surface area contributed by atoms with Crippen LogP contribution >= 0.6 is 0 Å². The predicted molar refractivity (Wildman–Crippen MR) is 76.1 cm³/mol. The molecule has 0 unspecified atom stereocenters. The number of fused-ring (bicyclic) bond motifs is 1. The van der Waals surface area contributed by atoms with E-state index in [2.05, 4.69) is 10.1 Å². The van der Waals surface area contributed by atoms with Gasteiger partial charge < -0.3 is 0 Å². The zero-order valence-electron chi connectivity index (χ0n) is 10.8. The Morgan fingerprint density at radius 2 is 2.37 bits per heavy atom. The molecule has 1 N–H and O–H groups in total. The summed E-state index contributed by atoms with van der Waals surface area (Å²) in [5.74, 6) is -0.822. The van der Waals surface area contributed by atoms with E-state index in [9.17, 15) is 9.90 Å². The van der Waals surface area contributed by atoms with Crippen LogP contribution in [0.25, 0.3) is 9.78 Å². The first-order valence-corrected chi connectivity index (χ1v) is 7.60. The molecule has 100 valence electrons. The second kappa shape index (κ2) is 5.99. The molecule has 0 fully saturated rings. The van der Waals surface area contributed by atoms with Crippen molar-refractivity contribution in [2.24, 2.45) is 5.10 Å². The molecule has 0 aliphatic carbocycles. The van der Waals surface area contributed by atoms with Gasteiger partial charge in [0.1, 0.15) is 0 Å². The van der Waals surface area contributed by atoms with E-state index in [0.717, 1.165) is 21.8 Å². The Hall–Kier alpha value is -1.65. The van der Waals surface area contributed by atoms with Crippen LogP contribution in [0.2, 0.25) is 0 Å². The van der Waals surface area contributed by atoms with Crippen molar-refractivity contribution in [2.75, 3.05) is 14.1 Å². The predicted octanol–water partition coefficient (Wildman–Crippen LogP) is 1.47. The van der Waals surface area contributed by atoms with Gasteiger partial charge in [-0.3, -0.25) is 0 Å². The molecule has 0 aliphatic heterocycles. The van der Waals surface area contributed by atoms with Gasteiger partial charge in [0, 0.05) is 0 Å².